The molecule has 0 spiro atoms. The molecule has 0 aromatic rings. The first-order valence-corrected chi connectivity index (χ1v) is 15.8. The molecule has 43 heavy (non-hydrogen) atoms. The molecular weight excluding hydrogens is 550 g/mol. The Morgan fingerprint density at radius 3 is 1.86 bits per heavy atom. The van der Waals surface area contributed by atoms with Crippen molar-refractivity contribution >= 4 is 29.4 Å². The highest BCUT2D eigenvalue weighted by Crippen LogP contribution is 2.22. The van der Waals surface area contributed by atoms with E-state index in [0.29, 0.717) is 44.4 Å². The summed E-state index contributed by atoms with van der Waals surface area (Å²) in [4.78, 5) is 63.7. The lowest BCUT2D eigenvalue weighted by Crippen LogP contribution is -2.51. The van der Waals surface area contributed by atoms with Crippen LogP contribution in [0.15, 0.2) is 12.2 Å². The van der Waals surface area contributed by atoms with E-state index in [1.807, 2.05) is 26.8 Å². The Hall–Kier alpha value is -2.59. The van der Waals surface area contributed by atoms with Crippen LogP contribution in [0.5, 0.6) is 0 Å². The number of nitrogens with one attached hydrogen (secondary N) is 2. The maximum absolute atomic E-state index is 13.3. The predicted molar refractivity (Wildman–Crippen MR) is 169 cm³/mol. The van der Waals surface area contributed by atoms with Crippen molar-refractivity contribution in [3.8, 4) is 0 Å². The van der Waals surface area contributed by atoms with Gasteiger partial charge in [0.15, 0.2) is 11.6 Å². The standard InChI is InChI=1S/C33H59N3O7/c1-22(2)21-27(34-8)33(41)35-30(23(3)4)28(39)18-13-11-12-14-19-29(40)31(36(9)10)32(43-26(7)38)24(5)17-15-16-20-42-25(6)37/h15-16,22-24,27,30-32,34H,11-14,17-21H2,1-10H3,(H,35,41)/b16-15+/t24-,27+,30+,31-,32-/m1/s1. The highest BCUT2D eigenvalue weighted by molar-refractivity contribution is 5.91. The summed E-state index contributed by atoms with van der Waals surface area (Å²) in [6.07, 6.45) is 7.91. The second-order valence-corrected chi connectivity index (χ2v) is 12.5. The molecule has 0 unspecified atom stereocenters. The summed E-state index contributed by atoms with van der Waals surface area (Å²) >= 11 is 0. The molecule has 0 radical (unpaired) electrons. The second-order valence-electron chi connectivity index (χ2n) is 12.5. The van der Waals surface area contributed by atoms with Crippen LogP contribution < -0.4 is 10.6 Å². The first-order chi connectivity index (χ1) is 20.1. The maximum Gasteiger partial charge on any atom is 0.302 e. The zero-order valence-corrected chi connectivity index (χ0v) is 28.4. The van der Waals surface area contributed by atoms with Crippen LogP contribution in [-0.4, -0.2) is 86.3 Å². The SMILES string of the molecule is CN[C@@H](CC(C)C)C(=O)N[C@H](C(=O)CCCCCCC(=O)[C@H]([C@H](OC(C)=O)[C@H](C)C/C=C/COC(C)=O)N(C)C)C(C)C. The smallest absolute Gasteiger partial charge is 0.302 e. The van der Waals surface area contributed by atoms with Gasteiger partial charge >= 0.3 is 11.9 Å². The van der Waals surface area contributed by atoms with Crippen molar-refractivity contribution in [2.45, 2.75) is 124 Å². The maximum atomic E-state index is 13.3. The Kier molecular flexibility index (Phi) is 20.7. The van der Waals surface area contributed by atoms with Gasteiger partial charge in [0.1, 0.15) is 18.8 Å². The molecule has 10 nitrogen and oxygen atoms in total. The van der Waals surface area contributed by atoms with Crippen molar-refractivity contribution in [2.24, 2.45) is 17.8 Å². The van der Waals surface area contributed by atoms with E-state index in [1.165, 1.54) is 13.8 Å². The van der Waals surface area contributed by atoms with E-state index in [4.69, 9.17) is 9.47 Å². The first kappa shape index (κ1) is 40.4. The van der Waals surface area contributed by atoms with Crippen LogP contribution in [0.1, 0.15) is 99.8 Å². The summed E-state index contributed by atoms with van der Waals surface area (Å²) in [5.41, 5.74) is 0. The third-order valence-electron chi connectivity index (χ3n) is 7.40. The number of nitrogens with zero attached hydrogens (tertiary/aromatic N) is 1. The van der Waals surface area contributed by atoms with Crippen molar-refractivity contribution < 1.29 is 33.4 Å². The molecule has 0 fully saturated rings. The van der Waals surface area contributed by atoms with Gasteiger partial charge in [-0.2, -0.15) is 0 Å². The van der Waals surface area contributed by atoms with Crippen LogP contribution in [0.2, 0.25) is 0 Å². The third-order valence-corrected chi connectivity index (χ3v) is 7.40. The molecular formula is C33H59N3O7. The molecule has 0 aromatic heterocycles. The minimum Gasteiger partial charge on any atom is -0.462 e. The highest BCUT2D eigenvalue weighted by atomic mass is 16.5. The fourth-order valence-electron chi connectivity index (χ4n) is 5.08. The van der Waals surface area contributed by atoms with Gasteiger partial charge in [-0.1, -0.05) is 59.6 Å². The summed E-state index contributed by atoms with van der Waals surface area (Å²) < 4.78 is 10.5. The number of ether oxygens (including phenoxy) is 2. The zero-order valence-electron chi connectivity index (χ0n) is 28.4. The van der Waals surface area contributed by atoms with E-state index in [2.05, 4.69) is 24.5 Å². The third kappa shape index (κ3) is 17.3. The fraction of sp³-hybridized carbons (Fsp3) is 0.788. The Morgan fingerprint density at radius 2 is 1.40 bits per heavy atom. The number of ketones is 2. The van der Waals surface area contributed by atoms with Gasteiger partial charge in [0.25, 0.3) is 0 Å². The van der Waals surface area contributed by atoms with Gasteiger partial charge in [0, 0.05) is 26.7 Å². The molecule has 0 bridgehead atoms. The van der Waals surface area contributed by atoms with Gasteiger partial charge < -0.3 is 20.1 Å². The summed E-state index contributed by atoms with van der Waals surface area (Å²) in [7, 11) is 5.37. The van der Waals surface area contributed by atoms with Gasteiger partial charge in [-0.3, -0.25) is 28.9 Å². The normalized spacial score (nSPS) is 15.3. The van der Waals surface area contributed by atoms with Crippen LogP contribution in [0, 0.1) is 17.8 Å². The van der Waals surface area contributed by atoms with E-state index in [1.54, 1.807) is 32.1 Å². The highest BCUT2D eigenvalue weighted by Gasteiger charge is 2.35. The molecule has 0 aromatic carbocycles. The van der Waals surface area contributed by atoms with E-state index in [-0.39, 0.29) is 47.9 Å². The van der Waals surface area contributed by atoms with E-state index in [0.717, 1.165) is 12.8 Å². The summed E-state index contributed by atoms with van der Waals surface area (Å²) in [5.74, 6) is -0.691. The number of carbonyl (C=O) groups excluding carboxylic acids is 5. The van der Waals surface area contributed by atoms with Gasteiger partial charge in [0.2, 0.25) is 5.91 Å². The number of amides is 1. The molecule has 248 valence electrons. The molecule has 5 atom stereocenters. The predicted octanol–water partition coefficient (Wildman–Crippen LogP) is 4.25. The Labute approximate surface area is 260 Å². The number of hydrogen-bond acceptors (Lipinski definition) is 9. The molecule has 2 N–H and O–H groups in total. The number of esters is 2. The first-order valence-electron chi connectivity index (χ1n) is 15.8. The van der Waals surface area contributed by atoms with Crippen molar-refractivity contribution in [2.75, 3.05) is 27.7 Å². The molecule has 0 rings (SSSR count). The number of likely N-dealkylation sites (N-methyl/N-ethyl adjacent to an activating group) is 2. The van der Waals surface area contributed by atoms with Crippen LogP contribution in [0.25, 0.3) is 0 Å². The Balaban J connectivity index is 4.95. The summed E-state index contributed by atoms with van der Waals surface area (Å²) in [6.45, 7) is 12.8. The Bertz CT molecular complexity index is 901. The molecule has 0 aliphatic rings. The number of Topliss-reactive ketones (excluding diaryl/α,β-unsaturated/α-hetero) is 2. The van der Waals surface area contributed by atoms with Crippen molar-refractivity contribution in [3.05, 3.63) is 12.2 Å². The monoisotopic (exact) mass is 609 g/mol. The van der Waals surface area contributed by atoms with Crippen molar-refractivity contribution in [1.29, 1.82) is 0 Å². The molecule has 0 aliphatic heterocycles. The minimum absolute atomic E-state index is 0.00568. The van der Waals surface area contributed by atoms with Crippen molar-refractivity contribution in [3.63, 3.8) is 0 Å². The van der Waals surface area contributed by atoms with E-state index >= 15 is 0 Å². The average Bonchev–Trinajstić information content (AvgIpc) is 2.90. The van der Waals surface area contributed by atoms with Crippen LogP contribution >= 0.6 is 0 Å². The molecule has 10 heteroatoms. The summed E-state index contributed by atoms with van der Waals surface area (Å²) in [5, 5.41) is 6.01. The lowest BCUT2D eigenvalue weighted by atomic mass is 9.89. The largest absolute Gasteiger partial charge is 0.462 e. The zero-order chi connectivity index (χ0) is 33.1. The molecule has 0 saturated heterocycles. The van der Waals surface area contributed by atoms with Gasteiger partial charge in [-0.05, 0) is 64.6 Å². The van der Waals surface area contributed by atoms with Gasteiger partial charge in [0.05, 0.1) is 12.1 Å². The molecule has 1 amide bonds. The number of unbranched alkanes of at least 4 members (excludes halogenated alkanes) is 3. The van der Waals surface area contributed by atoms with Crippen molar-refractivity contribution in [1.82, 2.24) is 15.5 Å². The van der Waals surface area contributed by atoms with Crippen LogP contribution in [0.3, 0.4) is 0 Å². The van der Waals surface area contributed by atoms with E-state index < -0.39 is 24.2 Å². The second kappa shape index (κ2) is 22.0. The molecule has 0 aliphatic carbocycles. The minimum atomic E-state index is -0.623. The molecule has 0 heterocycles. The fourth-order valence-corrected chi connectivity index (χ4v) is 5.08. The van der Waals surface area contributed by atoms with Gasteiger partial charge in [-0.25, -0.2) is 0 Å². The summed E-state index contributed by atoms with van der Waals surface area (Å²) in [6, 6.07) is -1.44. The lowest BCUT2D eigenvalue weighted by molar-refractivity contribution is -0.155. The average molecular weight is 610 g/mol. The number of rotatable bonds is 23. The number of carbonyl (C=O) groups is 5. The Morgan fingerprint density at radius 1 is 0.814 bits per heavy atom. The topological polar surface area (TPSA) is 131 Å². The number of allylic oxidation sites excluding steroid dienone is 1. The van der Waals surface area contributed by atoms with Crippen LogP contribution in [0.4, 0.5) is 0 Å². The van der Waals surface area contributed by atoms with Crippen LogP contribution in [-0.2, 0) is 33.4 Å². The molecule has 0 saturated carbocycles. The van der Waals surface area contributed by atoms with E-state index in [9.17, 15) is 24.0 Å². The van der Waals surface area contributed by atoms with Gasteiger partial charge in [-0.15, -0.1) is 0 Å². The quantitative estimate of drug-likeness (QED) is 0.0992. The number of hydrogen-bond donors (Lipinski definition) is 2. The lowest BCUT2D eigenvalue weighted by Gasteiger charge is -2.34.